The highest BCUT2D eigenvalue weighted by atomic mass is 16.5. The molecule has 0 aromatic rings. The van der Waals surface area contributed by atoms with E-state index in [-0.39, 0.29) is 0 Å². The Morgan fingerprint density at radius 3 is 2.67 bits per heavy atom. The summed E-state index contributed by atoms with van der Waals surface area (Å²) in [6, 6.07) is 0. The first kappa shape index (κ1) is 5.69. The van der Waals surface area contributed by atoms with Gasteiger partial charge in [-0.2, -0.15) is 0 Å². The molecule has 0 spiro atoms. The van der Waals surface area contributed by atoms with Gasteiger partial charge in [-0.1, -0.05) is 0 Å². The van der Waals surface area contributed by atoms with Crippen molar-refractivity contribution in [1.82, 2.24) is 5.32 Å². The molecule has 1 saturated carbocycles. The standard InChI is InChI=1S/C7H13NO/c1-9-4-7-5-2-8-3-6(5)7/h5-8H,2-4H2,1H3/t5-,6?,7?/m0/s1. The molecule has 1 saturated heterocycles. The lowest BCUT2D eigenvalue weighted by Gasteiger charge is -2.00. The Labute approximate surface area is 55.6 Å². The molecule has 1 aliphatic heterocycles. The molecule has 0 aromatic heterocycles. The molecule has 0 radical (unpaired) electrons. The SMILES string of the molecule is COCC1C2CNC[C@@H]21. The van der Waals surface area contributed by atoms with Gasteiger partial charge in [0.15, 0.2) is 0 Å². The summed E-state index contributed by atoms with van der Waals surface area (Å²) in [6.07, 6.45) is 0. The van der Waals surface area contributed by atoms with Gasteiger partial charge in [0.05, 0.1) is 0 Å². The molecular weight excluding hydrogens is 114 g/mol. The number of nitrogens with one attached hydrogen (secondary N) is 1. The van der Waals surface area contributed by atoms with Gasteiger partial charge in [0.1, 0.15) is 0 Å². The average molecular weight is 127 g/mol. The van der Waals surface area contributed by atoms with Crippen LogP contribution in [0.3, 0.4) is 0 Å². The van der Waals surface area contributed by atoms with Crippen LogP contribution in [0.4, 0.5) is 0 Å². The van der Waals surface area contributed by atoms with Gasteiger partial charge in [-0.15, -0.1) is 0 Å². The van der Waals surface area contributed by atoms with Crippen LogP contribution in [0.2, 0.25) is 0 Å². The van der Waals surface area contributed by atoms with Gasteiger partial charge < -0.3 is 10.1 Å². The van der Waals surface area contributed by atoms with Gasteiger partial charge >= 0.3 is 0 Å². The summed E-state index contributed by atoms with van der Waals surface area (Å²) in [6.45, 7) is 3.45. The molecule has 0 aromatic carbocycles. The van der Waals surface area contributed by atoms with Gasteiger partial charge in [-0.05, 0) is 30.8 Å². The third-order valence-electron chi connectivity index (χ3n) is 2.63. The molecule has 2 aliphatic rings. The zero-order chi connectivity index (χ0) is 6.27. The van der Waals surface area contributed by atoms with Gasteiger partial charge in [-0.25, -0.2) is 0 Å². The maximum atomic E-state index is 5.07. The first-order valence-corrected chi connectivity index (χ1v) is 3.63. The number of hydrogen-bond donors (Lipinski definition) is 1. The Bertz CT molecular complexity index is 105. The minimum atomic E-state index is 0.899. The Morgan fingerprint density at radius 1 is 1.44 bits per heavy atom. The van der Waals surface area contributed by atoms with E-state index >= 15 is 0 Å². The average Bonchev–Trinajstić information content (AvgIpc) is 2.39. The topological polar surface area (TPSA) is 21.3 Å². The fourth-order valence-electron chi connectivity index (χ4n) is 1.99. The Kier molecular flexibility index (Phi) is 1.24. The van der Waals surface area contributed by atoms with E-state index in [0.29, 0.717) is 0 Å². The fourth-order valence-corrected chi connectivity index (χ4v) is 1.99. The van der Waals surface area contributed by atoms with Crippen molar-refractivity contribution in [3.05, 3.63) is 0 Å². The van der Waals surface area contributed by atoms with Crippen LogP contribution in [0.1, 0.15) is 0 Å². The summed E-state index contributed by atoms with van der Waals surface area (Å²) in [5, 5.41) is 3.35. The zero-order valence-corrected chi connectivity index (χ0v) is 5.76. The number of rotatable bonds is 2. The molecule has 2 nitrogen and oxygen atoms in total. The third-order valence-corrected chi connectivity index (χ3v) is 2.63. The van der Waals surface area contributed by atoms with E-state index in [4.69, 9.17) is 4.74 Å². The molecule has 0 bridgehead atoms. The maximum absolute atomic E-state index is 5.07. The molecule has 1 N–H and O–H groups in total. The Balaban J connectivity index is 1.81. The number of piperidine rings is 1. The predicted molar refractivity (Wildman–Crippen MR) is 35.2 cm³/mol. The fraction of sp³-hybridized carbons (Fsp3) is 1.00. The van der Waals surface area contributed by atoms with Crippen LogP contribution in [0.25, 0.3) is 0 Å². The third kappa shape index (κ3) is 0.775. The zero-order valence-electron chi connectivity index (χ0n) is 5.76. The van der Waals surface area contributed by atoms with Gasteiger partial charge in [0.2, 0.25) is 0 Å². The van der Waals surface area contributed by atoms with E-state index < -0.39 is 0 Å². The highest BCUT2D eigenvalue weighted by Gasteiger charge is 2.52. The van der Waals surface area contributed by atoms with E-state index in [1.165, 1.54) is 13.1 Å². The number of ether oxygens (including phenoxy) is 1. The van der Waals surface area contributed by atoms with Gasteiger partial charge in [-0.3, -0.25) is 0 Å². The summed E-state index contributed by atoms with van der Waals surface area (Å²) in [5.74, 6) is 2.83. The first-order chi connectivity index (χ1) is 4.43. The molecule has 1 heterocycles. The van der Waals surface area contributed by atoms with Crippen molar-refractivity contribution < 1.29 is 4.74 Å². The lowest BCUT2D eigenvalue weighted by atomic mass is 10.3. The van der Waals surface area contributed by atoms with E-state index in [1.807, 2.05) is 0 Å². The molecule has 52 valence electrons. The van der Waals surface area contributed by atoms with Gasteiger partial charge in [0, 0.05) is 13.7 Å². The van der Waals surface area contributed by atoms with Crippen molar-refractivity contribution in [3.8, 4) is 0 Å². The Morgan fingerprint density at radius 2 is 2.11 bits per heavy atom. The van der Waals surface area contributed by atoms with E-state index in [1.54, 1.807) is 7.11 Å². The van der Waals surface area contributed by atoms with Crippen molar-refractivity contribution in [3.63, 3.8) is 0 Å². The maximum Gasteiger partial charge on any atom is 0.0496 e. The van der Waals surface area contributed by atoms with Crippen LogP contribution in [0, 0.1) is 17.8 Å². The molecule has 9 heavy (non-hydrogen) atoms. The monoisotopic (exact) mass is 127 g/mol. The van der Waals surface area contributed by atoms with E-state index in [2.05, 4.69) is 5.32 Å². The highest BCUT2D eigenvalue weighted by Crippen LogP contribution is 2.48. The number of fused-ring (bicyclic) bond motifs is 1. The summed E-state index contributed by atoms with van der Waals surface area (Å²) in [5.41, 5.74) is 0. The largest absolute Gasteiger partial charge is 0.384 e. The summed E-state index contributed by atoms with van der Waals surface area (Å²) in [4.78, 5) is 0. The quantitative estimate of drug-likeness (QED) is 0.568. The van der Waals surface area contributed by atoms with Crippen LogP contribution in [-0.2, 0) is 4.74 Å². The van der Waals surface area contributed by atoms with Crippen molar-refractivity contribution in [2.24, 2.45) is 17.8 Å². The van der Waals surface area contributed by atoms with Crippen LogP contribution in [0.15, 0.2) is 0 Å². The highest BCUT2D eigenvalue weighted by molar-refractivity contribution is 5.03. The smallest absolute Gasteiger partial charge is 0.0496 e. The van der Waals surface area contributed by atoms with E-state index in [9.17, 15) is 0 Å². The van der Waals surface area contributed by atoms with Crippen LogP contribution in [-0.4, -0.2) is 26.8 Å². The molecule has 0 amide bonds. The molecule has 1 aliphatic carbocycles. The van der Waals surface area contributed by atoms with E-state index in [0.717, 1.165) is 24.4 Å². The van der Waals surface area contributed by atoms with Crippen molar-refractivity contribution in [2.45, 2.75) is 0 Å². The van der Waals surface area contributed by atoms with Crippen LogP contribution >= 0.6 is 0 Å². The summed E-state index contributed by atoms with van der Waals surface area (Å²) < 4.78 is 5.07. The molecule has 2 rings (SSSR count). The summed E-state index contributed by atoms with van der Waals surface area (Å²) >= 11 is 0. The van der Waals surface area contributed by atoms with Gasteiger partial charge in [0.25, 0.3) is 0 Å². The molecule has 2 heteroatoms. The lowest BCUT2D eigenvalue weighted by Crippen LogP contribution is -2.16. The number of methoxy groups -OCH3 is 1. The van der Waals surface area contributed by atoms with Crippen molar-refractivity contribution in [2.75, 3.05) is 26.8 Å². The van der Waals surface area contributed by atoms with Crippen molar-refractivity contribution >= 4 is 0 Å². The first-order valence-electron chi connectivity index (χ1n) is 3.63. The normalized spacial score (nSPS) is 47.0. The van der Waals surface area contributed by atoms with Crippen molar-refractivity contribution in [1.29, 1.82) is 0 Å². The Hall–Kier alpha value is -0.0800. The second-order valence-corrected chi connectivity index (χ2v) is 3.11. The predicted octanol–water partition coefficient (Wildman–Crippen LogP) is 0.0982. The number of hydrogen-bond acceptors (Lipinski definition) is 2. The second-order valence-electron chi connectivity index (χ2n) is 3.11. The molecular formula is C7H13NO. The molecule has 2 unspecified atom stereocenters. The minimum absolute atomic E-state index is 0.899. The molecule has 3 atom stereocenters. The minimum Gasteiger partial charge on any atom is -0.384 e. The van der Waals surface area contributed by atoms with Crippen LogP contribution < -0.4 is 5.32 Å². The molecule has 2 fully saturated rings. The second kappa shape index (κ2) is 1.96. The lowest BCUT2D eigenvalue weighted by molar-refractivity contribution is 0.175. The van der Waals surface area contributed by atoms with Crippen LogP contribution in [0.5, 0.6) is 0 Å². The summed E-state index contributed by atoms with van der Waals surface area (Å²) in [7, 11) is 1.79.